The molecule has 286 valence electrons. The summed E-state index contributed by atoms with van der Waals surface area (Å²) < 4.78 is 53.0. The summed E-state index contributed by atoms with van der Waals surface area (Å²) in [6, 6.07) is 17.6. The minimum atomic E-state index is -3.75. The molecule has 2 amide bonds. The Morgan fingerprint density at radius 3 is 2.43 bits per heavy atom. The van der Waals surface area contributed by atoms with Crippen molar-refractivity contribution >= 4 is 33.6 Å². The highest BCUT2D eigenvalue weighted by molar-refractivity contribution is 7.85. The monoisotopic (exact) mass is 758 g/mol. The van der Waals surface area contributed by atoms with Crippen LogP contribution in [0.2, 0.25) is 0 Å². The molecule has 5 aromatic rings. The average Bonchev–Trinajstić information content (AvgIpc) is 3.72. The Balaban J connectivity index is 1.10. The molecular weight excluding hydrogens is 712 g/mol. The summed E-state index contributed by atoms with van der Waals surface area (Å²) in [4.78, 5) is 16.0. The Morgan fingerprint density at radius 2 is 1.70 bits per heavy atom. The van der Waals surface area contributed by atoms with E-state index in [9.17, 15) is 17.6 Å². The highest BCUT2D eigenvalue weighted by Gasteiger charge is 2.32. The van der Waals surface area contributed by atoms with Crippen molar-refractivity contribution in [1.29, 1.82) is 0 Å². The first-order valence-corrected chi connectivity index (χ1v) is 20.2. The fourth-order valence-corrected chi connectivity index (χ4v) is 7.82. The van der Waals surface area contributed by atoms with Gasteiger partial charge in [0.2, 0.25) is 5.95 Å². The quantitative estimate of drug-likeness (QED) is 0.147. The summed E-state index contributed by atoms with van der Waals surface area (Å²) in [6.07, 6.45) is 7.37. The minimum absolute atomic E-state index is 0.239. The number of carbonyl (C=O) groups excluding carboxylic acids is 1. The molecule has 54 heavy (non-hydrogen) atoms. The standard InChI is InChI=1S/C39H47FN8O5S/c1-24-10-9-11-25(2)47(24)38-44-43-35-17-14-29(22-46(35)38)53-33-16-15-32(30-12-7-8-13-31(30)33)41-37(49)42-36-21-34(39(3,4)5)45-48(36)28-19-26(18-27(40)20-28)23-52-54(6,50)51/h7-8,12-14,17-22,24-25,32-33H,9-11,15-16,23H2,1-6H3,(H2,41,42,49)/t24-,25+,32-,33+/m0/s1. The number of ether oxygens (including phenoxy) is 1. The average molecular weight is 759 g/mol. The SMILES string of the molecule is C[C@@H]1CCC[C@H](C)N1c1nnc2ccc(O[C@@H]3CC[C@H](NC(=O)Nc4cc(C(C)(C)C)nn4-c4cc(F)cc(COS(C)(=O)=O)c4)c4ccccc43)cn12. The number of pyridine rings is 1. The number of nitrogens with one attached hydrogen (secondary N) is 2. The second-order valence-corrected chi connectivity index (χ2v) is 17.1. The zero-order chi connectivity index (χ0) is 38.4. The van der Waals surface area contributed by atoms with Crippen LogP contribution in [0.1, 0.15) is 101 Å². The number of urea groups is 1. The Labute approximate surface area is 315 Å². The van der Waals surface area contributed by atoms with E-state index in [4.69, 9.17) is 14.0 Å². The Hall–Kier alpha value is -5.02. The van der Waals surface area contributed by atoms with Crippen LogP contribution in [0, 0.1) is 5.82 Å². The molecule has 13 nitrogen and oxygen atoms in total. The van der Waals surface area contributed by atoms with Gasteiger partial charge in [-0.2, -0.15) is 13.5 Å². The van der Waals surface area contributed by atoms with Gasteiger partial charge in [0.15, 0.2) is 5.65 Å². The Kier molecular flexibility index (Phi) is 10.1. The molecule has 15 heteroatoms. The molecule has 1 aliphatic heterocycles. The zero-order valence-corrected chi connectivity index (χ0v) is 32.2. The van der Waals surface area contributed by atoms with Crippen molar-refractivity contribution in [3.63, 3.8) is 0 Å². The van der Waals surface area contributed by atoms with Gasteiger partial charge < -0.3 is 15.0 Å². The number of anilines is 2. The molecule has 2 aliphatic rings. The van der Waals surface area contributed by atoms with E-state index in [0.717, 1.165) is 41.8 Å². The summed E-state index contributed by atoms with van der Waals surface area (Å²) in [6.45, 7) is 10.1. The van der Waals surface area contributed by atoms with Crippen LogP contribution in [0.25, 0.3) is 11.3 Å². The van der Waals surface area contributed by atoms with Gasteiger partial charge in [0, 0.05) is 23.6 Å². The van der Waals surface area contributed by atoms with E-state index >= 15 is 0 Å². The highest BCUT2D eigenvalue weighted by Crippen LogP contribution is 2.39. The maximum absolute atomic E-state index is 14.8. The molecule has 0 radical (unpaired) electrons. The molecule has 1 saturated heterocycles. The summed E-state index contributed by atoms with van der Waals surface area (Å²) >= 11 is 0. The van der Waals surface area contributed by atoms with E-state index in [1.54, 1.807) is 12.1 Å². The van der Waals surface area contributed by atoms with Crippen LogP contribution >= 0.6 is 0 Å². The van der Waals surface area contributed by atoms with E-state index < -0.39 is 27.4 Å². The third kappa shape index (κ3) is 8.06. The topological polar surface area (TPSA) is 145 Å². The lowest BCUT2D eigenvalue weighted by Crippen LogP contribution is -2.44. The number of fused-ring (bicyclic) bond motifs is 2. The van der Waals surface area contributed by atoms with Gasteiger partial charge >= 0.3 is 6.03 Å². The number of hydrogen-bond acceptors (Lipinski definition) is 9. The first-order chi connectivity index (χ1) is 25.6. The maximum atomic E-state index is 14.8. The van der Waals surface area contributed by atoms with Crippen LogP contribution in [-0.2, 0) is 26.3 Å². The normalized spacial score (nSPS) is 20.5. The van der Waals surface area contributed by atoms with Gasteiger partial charge in [-0.25, -0.2) is 13.9 Å². The summed E-state index contributed by atoms with van der Waals surface area (Å²) in [7, 11) is -3.75. The van der Waals surface area contributed by atoms with Gasteiger partial charge in [-0.15, -0.1) is 10.2 Å². The van der Waals surface area contributed by atoms with Crippen molar-refractivity contribution in [2.45, 2.75) is 103 Å². The second-order valence-electron chi connectivity index (χ2n) is 15.5. The summed E-state index contributed by atoms with van der Waals surface area (Å²) in [5.41, 5.74) is 3.56. The van der Waals surface area contributed by atoms with E-state index in [0.29, 0.717) is 53.4 Å². The first kappa shape index (κ1) is 37.3. The lowest BCUT2D eigenvalue weighted by molar-refractivity contribution is 0.171. The number of benzene rings is 2. The van der Waals surface area contributed by atoms with Gasteiger partial charge in [0.05, 0.1) is 36.5 Å². The van der Waals surface area contributed by atoms with Crippen LogP contribution in [0.3, 0.4) is 0 Å². The van der Waals surface area contributed by atoms with Crippen molar-refractivity contribution in [2.75, 3.05) is 16.5 Å². The third-order valence-corrected chi connectivity index (χ3v) is 10.7. The lowest BCUT2D eigenvalue weighted by atomic mass is 9.85. The molecule has 2 N–H and O–H groups in total. The van der Waals surface area contributed by atoms with Crippen LogP contribution in [0.4, 0.5) is 21.0 Å². The second kappa shape index (κ2) is 14.7. The fraction of sp³-hybridized carbons (Fsp3) is 0.436. The largest absolute Gasteiger partial charge is 0.484 e. The molecule has 0 bridgehead atoms. The van der Waals surface area contributed by atoms with E-state index in [2.05, 4.69) is 39.6 Å². The molecular formula is C39H47FN8O5S. The predicted octanol–water partition coefficient (Wildman–Crippen LogP) is 7.37. The van der Waals surface area contributed by atoms with E-state index in [1.807, 2.05) is 67.8 Å². The number of amides is 2. The number of rotatable bonds is 9. The Morgan fingerprint density at radius 1 is 0.963 bits per heavy atom. The van der Waals surface area contributed by atoms with E-state index in [-0.39, 0.29) is 18.8 Å². The van der Waals surface area contributed by atoms with Gasteiger partial charge in [0.25, 0.3) is 10.1 Å². The van der Waals surface area contributed by atoms with Crippen molar-refractivity contribution in [3.8, 4) is 11.4 Å². The molecule has 4 heterocycles. The summed E-state index contributed by atoms with van der Waals surface area (Å²) in [5, 5.41) is 19.8. The van der Waals surface area contributed by atoms with Gasteiger partial charge in [0.1, 0.15) is 23.5 Å². The first-order valence-electron chi connectivity index (χ1n) is 18.3. The fourth-order valence-electron chi connectivity index (χ4n) is 7.47. The lowest BCUT2D eigenvalue weighted by Gasteiger charge is -2.39. The number of aromatic nitrogens is 5. The molecule has 2 aromatic carbocycles. The number of carbonyl (C=O) groups is 1. The van der Waals surface area contributed by atoms with Crippen molar-refractivity contribution < 1.29 is 26.5 Å². The maximum Gasteiger partial charge on any atom is 0.320 e. The number of hydrogen-bond donors (Lipinski definition) is 2. The van der Waals surface area contributed by atoms with Gasteiger partial charge in [-0.3, -0.25) is 13.9 Å². The van der Waals surface area contributed by atoms with Crippen LogP contribution in [-0.4, -0.2) is 57.2 Å². The minimum Gasteiger partial charge on any atom is -0.484 e. The third-order valence-electron chi connectivity index (χ3n) is 10.1. The van der Waals surface area contributed by atoms with E-state index in [1.165, 1.54) is 23.2 Å². The van der Waals surface area contributed by atoms with Gasteiger partial charge in [-0.05, 0) is 93.0 Å². The van der Waals surface area contributed by atoms with Crippen LogP contribution in [0.15, 0.2) is 66.9 Å². The Bertz CT molecular complexity index is 2270. The molecule has 1 fully saturated rings. The zero-order valence-electron chi connectivity index (χ0n) is 31.4. The molecule has 0 spiro atoms. The highest BCUT2D eigenvalue weighted by atomic mass is 32.2. The number of nitrogens with zero attached hydrogens (tertiary/aromatic N) is 6. The molecule has 0 saturated carbocycles. The molecule has 0 unspecified atom stereocenters. The number of piperidine rings is 1. The number of halogens is 1. The van der Waals surface area contributed by atoms with Crippen molar-refractivity contribution in [2.24, 2.45) is 0 Å². The van der Waals surface area contributed by atoms with Crippen LogP contribution in [0.5, 0.6) is 5.75 Å². The molecule has 4 atom stereocenters. The smallest absolute Gasteiger partial charge is 0.320 e. The van der Waals surface area contributed by atoms with Gasteiger partial charge in [-0.1, -0.05) is 45.0 Å². The molecule has 7 rings (SSSR count). The molecule has 1 aliphatic carbocycles. The van der Waals surface area contributed by atoms with Crippen LogP contribution < -0.4 is 20.3 Å². The predicted molar refractivity (Wildman–Crippen MR) is 204 cm³/mol. The van der Waals surface area contributed by atoms with Crippen molar-refractivity contribution in [3.05, 3.63) is 95.1 Å². The molecule has 3 aromatic heterocycles. The van der Waals surface area contributed by atoms with Crippen molar-refractivity contribution in [1.82, 2.24) is 29.7 Å². The summed E-state index contributed by atoms with van der Waals surface area (Å²) in [5.74, 6) is 1.24.